The molecule has 8 rings (SSSR count). The first-order chi connectivity index (χ1) is 22.7. The molecule has 2 amide bonds. The summed E-state index contributed by atoms with van der Waals surface area (Å²) in [5.41, 5.74) is 1.19. The molecule has 1 aromatic rings. The number of carbonyl (C=O) groups is 2. The van der Waals surface area contributed by atoms with Gasteiger partial charge in [0.05, 0.1) is 29.9 Å². The number of ether oxygens (including phenoxy) is 2. The van der Waals surface area contributed by atoms with E-state index in [9.17, 15) is 24.9 Å². The van der Waals surface area contributed by atoms with Gasteiger partial charge in [-0.1, -0.05) is 6.42 Å². The first kappa shape index (κ1) is 33.6. The molecule has 0 aromatic heterocycles. The van der Waals surface area contributed by atoms with E-state index in [4.69, 9.17) is 9.47 Å². The second kappa shape index (κ2) is 13.8. The predicted molar refractivity (Wildman–Crippen MR) is 185 cm³/mol. The minimum Gasteiger partial charge on any atom is -0.493 e. The SMILES string of the molecule is COc1cc(CO)cc(I)c1O[C@H]1C=C(C(=O)NCCO)C[C@@H](N(CC23CC4CC(CC(C4)C2)C3)C(=O)CC2CC3CCC2C3)[C@@H]1O. The number of hydrogen-bond donors (Lipinski definition) is 4. The van der Waals surface area contributed by atoms with Crippen molar-refractivity contribution in [2.45, 2.75) is 102 Å². The number of halogens is 1. The summed E-state index contributed by atoms with van der Waals surface area (Å²) in [7, 11) is 1.53. The van der Waals surface area contributed by atoms with E-state index in [-0.39, 0.29) is 43.4 Å². The molecule has 47 heavy (non-hydrogen) atoms. The number of nitrogens with zero attached hydrogens (tertiary/aromatic N) is 1. The third-order valence-corrected chi connectivity index (χ3v) is 13.5. The van der Waals surface area contributed by atoms with Gasteiger partial charge in [-0.3, -0.25) is 9.59 Å². The number of fused-ring (bicyclic) bond motifs is 2. The molecule has 9 nitrogen and oxygen atoms in total. The zero-order valence-electron chi connectivity index (χ0n) is 27.5. The number of carbonyl (C=O) groups excluding carboxylic acids is 2. The Kier molecular flexibility index (Phi) is 9.86. The highest BCUT2D eigenvalue weighted by molar-refractivity contribution is 14.1. The topological polar surface area (TPSA) is 129 Å². The van der Waals surface area contributed by atoms with Crippen LogP contribution in [0.15, 0.2) is 23.8 Å². The third-order valence-electron chi connectivity index (χ3n) is 12.7. The largest absolute Gasteiger partial charge is 0.493 e. The van der Waals surface area contributed by atoms with Crippen molar-refractivity contribution in [1.82, 2.24) is 10.2 Å². The van der Waals surface area contributed by atoms with E-state index < -0.39 is 18.2 Å². The Morgan fingerprint density at radius 2 is 1.74 bits per heavy atom. The number of amides is 2. The molecule has 0 saturated heterocycles. The highest BCUT2D eigenvalue weighted by Gasteiger charge is 2.53. The molecule has 3 unspecified atom stereocenters. The lowest BCUT2D eigenvalue weighted by Crippen LogP contribution is -2.59. The normalized spacial score (nSPS) is 36.7. The van der Waals surface area contributed by atoms with E-state index in [1.54, 1.807) is 12.1 Å². The Bertz CT molecular complexity index is 1350. The lowest BCUT2D eigenvalue weighted by Gasteiger charge is -2.58. The van der Waals surface area contributed by atoms with Gasteiger partial charge in [0, 0.05) is 31.5 Å². The molecule has 6 bridgehead atoms. The molecule has 4 N–H and O–H groups in total. The molecule has 258 valence electrons. The summed E-state index contributed by atoms with van der Waals surface area (Å²) in [4.78, 5) is 30.1. The molecule has 0 spiro atoms. The molecular formula is C37H51IN2O7. The van der Waals surface area contributed by atoms with Crippen molar-refractivity contribution >= 4 is 34.4 Å². The summed E-state index contributed by atoms with van der Waals surface area (Å²) >= 11 is 2.13. The second-order valence-corrected chi connectivity index (χ2v) is 17.0. The second-order valence-electron chi connectivity index (χ2n) is 15.9. The van der Waals surface area contributed by atoms with Crippen LogP contribution in [0.1, 0.15) is 82.6 Å². The Morgan fingerprint density at radius 3 is 2.34 bits per heavy atom. The maximum absolute atomic E-state index is 14.7. The average molecular weight is 763 g/mol. The molecule has 6 atom stereocenters. The fraction of sp³-hybridized carbons (Fsp3) is 0.730. The van der Waals surface area contributed by atoms with E-state index >= 15 is 0 Å². The van der Waals surface area contributed by atoms with E-state index in [1.807, 2.05) is 11.0 Å². The monoisotopic (exact) mass is 762 g/mol. The van der Waals surface area contributed by atoms with Gasteiger partial charge in [0.15, 0.2) is 11.5 Å². The fourth-order valence-electron chi connectivity index (χ4n) is 11.1. The number of aliphatic hydroxyl groups excluding tert-OH is 3. The van der Waals surface area contributed by atoms with Crippen molar-refractivity contribution in [3.8, 4) is 11.5 Å². The minimum absolute atomic E-state index is 0.0639. The van der Waals surface area contributed by atoms with Crippen molar-refractivity contribution in [3.05, 3.63) is 32.9 Å². The summed E-state index contributed by atoms with van der Waals surface area (Å²) in [6, 6.07) is 2.89. The number of aliphatic hydroxyl groups is 3. The molecule has 0 heterocycles. The van der Waals surface area contributed by atoms with Crippen LogP contribution in [-0.2, 0) is 16.2 Å². The van der Waals surface area contributed by atoms with Crippen LogP contribution < -0.4 is 14.8 Å². The van der Waals surface area contributed by atoms with Gasteiger partial charge in [-0.25, -0.2) is 0 Å². The van der Waals surface area contributed by atoms with Crippen LogP contribution in [-0.4, -0.2) is 77.1 Å². The van der Waals surface area contributed by atoms with Crippen LogP contribution >= 0.6 is 22.6 Å². The highest BCUT2D eigenvalue weighted by atomic mass is 127. The predicted octanol–water partition coefficient (Wildman–Crippen LogP) is 4.58. The van der Waals surface area contributed by atoms with Crippen LogP contribution in [0.3, 0.4) is 0 Å². The van der Waals surface area contributed by atoms with Gasteiger partial charge in [0.1, 0.15) is 12.2 Å². The van der Waals surface area contributed by atoms with Gasteiger partial charge in [0.25, 0.3) is 0 Å². The highest BCUT2D eigenvalue weighted by Crippen LogP contribution is 2.60. The van der Waals surface area contributed by atoms with Crippen molar-refractivity contribution < 1.29 is 34.4 Å². The Balaban J connectivity index is 1.22. The smallest absolute Gasteiger partial charge is 0.247 e. The molecule has 0 radical (unpaired) electrons. The van der Waals surface area contributed by atoms with E-state index in [2.05, 4.69) is 27.9 Å². The standard InChI is InChI=1S/C37H51IN2O7/c1-46-32-12-25(19-42)11-29(38)35(32)47-31-14-28(36(45)39-4-5-41)13-30(34(31)44)40(33(43)15-27-10-21-2-3-26(27)9-21)20-37-16-22-6-23(17-37)8-24(7-22)18-37/h11-12,14,21-24,26-27,30-31,34,41-42,44H,2-10,13,15-20H2,1H3,(H,39,45)/t21?,22?,23?,24?,26?,27?,30-,31+,34+,37?/m1/s1. The quantitative estimate of drug-likeness (QED) is 0.230. The summed E-state index contributed by atoms with van der Waals surface area (Å²) < 4.78 is 12.9. The van der Waals surface area contributed by atoms with Gasteiger partial charge >= 0.3 is 0 Å². The van der Waals surface area contributed by atoms with Crippen LogP contribution in [0.4, 0.5) is 0 Å². The fourth-order valence-corrected chi connectivity index (χ4v) is 11.9. The van der Waals surface area contributed by atoms with Crippen molar-refractivity contribution in [2.75, 3.05) is 26.8 Å². The summed E-state index contributed by atoms with van der Waals surface area (Å²) in [5, 5.41) is 34.2. The van der Waals surface area contributed by atoms with Crippen molar-refractivity contribution in [3.63, 3.8) is 0 Å². The third kappa shape index (κ3) is 6.82. The number of benzene rings is 1. The van der Waals surface area contributed by atoms with Gasteiger partial charge in [-0.2, -0.15) is 0 Å². The van der Waals surface area contributed by atoms with Crippen molar-refractivity contribution in [1.29, 1.82) is 0 Å². The van der Waals surface area contributed by atoms with E-state index in [0.717, 1.165) is 49.4 Å². The molecule has 0 aliphatic heterocycles. The molecule has 10 heteroatoms. The van der Waals surface area contributed by atoms with Gasteiger partial charge in [-0.15, -0.1) is 0 Å². The maximum atomic E-state index is 14.7. The van der Waals surface area contributed by atoms with Crippen LogP contribution in [0.2, 0.25) is 0 Å². The molecule has 6 saturated carbocycles. The average Bonchev–Trinajstić information content (AvgIpc) is 3.67. The zero-order valence-corrected chi connectivity index (χ0v) is 29.7. The first-order valence-electron chi connectivity index (χ1n) is 17.9. The Morgan fingerprint density at radius 1 is 1.02 bits per heavy atom. The van der Waals surface area contributed by atoms with Crippen LogP contribution in [0.25, 0.3) is 0 Å². The summed E-state index contributed by atoms with van der Waals surface area (Å²) in [5.74, 6) is 4.57. The maximum Gasteiger partial charge on any atom is 0.247 e. The lowest BCUT2D eigenvalue weighted by molar-refractivity contribution is -0.148. The molecular weight excluding hydrogens is 711 g/mol. The molecule has 6 fully saturated rings. The van der Waals surface area contributed by atoms with Gasteiger partial charge < -0.3 is 35.0 Å². The number of hydrogen-bond acceptors (Lipinski definition) is 7. The Labute approximate surface area is 292 Å². The lowest BCUT2D eigenvalue weighted by atomic mass is 9.49. The Hall–Kier alpha value is -1.89. The molecule has 1 aromatic carbocycles. The van der Waals surface area contributed by atoms with Crippen LogP contribution in [0, 0.1) is 44.5 Å². The van der Waals surface area contributed by atoms with Crippen molar-refractivity contribution in [2.24, 2.45) is 40.9 Å². The van der Waals surface area contributed by atoms with Crippen LogP contribution in [0.5, 0.6) is 11.5 Å². The van der Waals surface area contributed by atoms with E-state index in [1.165, 1.54) is 45.6 Å². The zero-order chi connectivity index (χ0) is 32.9. The summed E-state index contributed by atoms with van der Waals surface area (Å²) in [6.07, 6.45) is 12.7. The van der Waals surface area contributed by atoms with Gasteiger partial charge in [0.2, 0.25) is 11.8 Å². The van der Waals surface area contributed by atoms with E-state index in [0.29, 0.717) is 51.0 Å². The summed E-state index contributed by atoms with van der Waals surface area (Å²) in [6.45, 7) is 0.406. The minimum atomic E-state index is -1.07. The number of rotatable bonds is 12. The number of nitrogens with one attached hydrogen (secondary N) is 1. The first-order valence-corrected chi connectivity index (χ1v) is 19.0. The van der Waals surface area contributed by atoms with Gasteiger partial charge in [-0.05, 0) is 145 Å². The number of methoxy groups -OCH3 is 1. The molecule has 7 aliphatic carbocycles. The molecule has 7 aliphatic rings.